The number of anilines is 1. The Labute approximate surface area is 157 Å². The van der Waals surface area contributed by atoms with Gasteiger partial charge in [0.15, 0.2) is 5.96 Å². The SMILES string of the molecule is CCC(C)NC(N)=NCc1ccc(N2CCCCCC2)nc1.I. The van der Waals surface area contributed by atoms with Gasteiger partial charge in [-0.3, -0.25) is 0 Å². The molecule has 2 heterocycles. The summed E-state index contributed by atoms with van der Waals surface area (Å²) >= 11 is 0. The van der Waals surface area contributed by atoms with Crippen molar-refractivity contribution >= 4 is 35.8 Å². The molecule has 0 spiro atoms. The summed E-state index contributed by atoms with van der Waals surface area (Å²) < 4.78 is 0. The number of nitrogens with zero attached hydrogens (tertiary/aromatic N) is 3. The summed E-state index contributed by atoms with van der Waals surface area (Å²) in [6.45, 7) is 7.03. The molecule has 0 amide bonds. The molecule has 1 aromatic rings. The molecule has 1 atom stereocenters. The molecule has 3 N–H and O–H groups in total. The quantitative estimate of drug-likeness (QED) is 0.427. The summed E-state index contributed by atoms with van der Waals surface area (Å²) in [5, 5.41) is 3.17. The molecule has 1 aliphatic rings. The highest BCUT2D eigenvalue weighted by atomic mass is 127. The van der Waals surface area contributed by atoms with Crippen LogP contribution in [-0.2, 0) is 6.54 Å². The third kappa shape index (κ3) is 6.93. The largest absolute Gasteiger partial charge is 0.370 e. The van der Waals surface area contributed by atoms with Gasteiger partial charge in [-0.25, -0.2) is 9.98 Å². The molecule has 0 aromatic carbocycles. The van der Waals surface area contributed by atoms with Gasteiger partial charge in [0.2, 0.25) is 0 Å². The minimum Gasteiger partial charge on any atom is -0.370 e. The summed E-state index contributed by atoms with van der Waals surface area (Å²) in [6.07, 6.45) is 8.16. The summed E-state index contributed by atoms with van der Waals surface area (Å²) in [7, 11) is 0. The molecule has 1 unspecified atom stereocenters. The predicted molar refractivity (Wildman–Crippen MR) is 109 cm³/mol. The average molecular weight is 431 g/mol. The number of rotatable bonds is 5. The Bertz CT molecular complexity index is 466. The lowest BCUT2D eigenvalue weighted by Crippen LogP contribution is -2.38. The van der Waals surface area contributed by atoms with Gasteiger partial charge in [0.05, 0.1) is 6.54 Å². The van der Waals surface area contributed by atoms with E-state index in [0.29, 0.717) is 18.5 Å². The minimum absolute atomic E-state index is 0. The molecule has 0 radical (unpaired) electrons. The molecular formula is C17H30IN5. The van der Waals surface area contributed by atoms with Crippen LogP contribution in [-0.4, -0.2) is 30.1 Å². The van der Waals surface area contributed by atoms with E-state index in [4.69, 9.17) is 5.73 Å². The van der Waals surface area contributed by atoms with E-state index in [1.807, 2.05) is 6.20 Å². The Balaban J connectivity index is 0.00000264. The number of hydrogen-bond acceptors (Lipinski definition) is 3. The Morgan fingerprint density at radius 2 is 2.00 bits per heavy atom. The smallest absolute Gasteiger partial charge is 0.189 e. The van der Waals surface area contributed by atoms with Crippen LogP contribution in [0.4, 0.5) is 5.82 Å². The van der Waals surface area contributed by atoms with Crippen molar-refractivity contribution in [3.63, 3.8) is 0 Å². The van der Waals surface area contributed by atoms with E-state index < -0.39 is 0 Å². The van der Waals surface area contributed by atoms with Crippen molar-refractivity contribution in [3.05, 3.63) is 23.9 Å². The first-order chi connectivity index (χ1) is 10.7. The van der Waals surface area contributed by atoms with Crippen LogP contribution in [0.15, 0.2) is 23.3 Å². The first-order valence-electron chi connectivity index (χ1n) is 8.45. The fourth-order valence-electron chi connectivity index (χ4n) is 2.57. The van der Waals surface area contributed by atoms with Gasteiger partial charge >= 0.3 is 0 Å². The zero-order valence-electron chi connectivity index (χ0n) is 14.3. The van der Waals surface area contributed by atoms with Gasteiger partial charge in [-0.1, -0.05) is 25.8 Å². The van der Waals surface area contributed by atoms with Crippen LogP contribution < -0.4 is 16.0 Å². The number of hydrogen-bond donors (Lipinski definition) is 2. The van der Waals surface area contributed by atoms with Crippen molar-refractivity contribution < 1.29 is 0 Å². The van der Waals surface area contributed by atoms with Gasteiger partial charge in [-0.15, -0.1) is 24.0 Å². The molecule has 1 saturated heterocycles. The van der Waals surface area contributed by atoms with E-state index in [1.165, 1.54) is 25.7 Å². The third-order valence-electron chi connectivity index (χ3n) is 4.18. The van der Waals surface area contributed by atoms with E-state index in [0.717, 1.165) is 30.9 Å². The summed E-state index contributed by atoms with van der Waals surface area (Å²) in [5.41, 5.74) is 6.96. The number of pyridine rings is 1. The molecule has 5 nitrogen and oxygen atoms in total. The molecule has 0 aliphatic carbocycles. The maximum atomic E-state index is 5.87. The van der Waals surface area contributed by atoms with Crippen LogP contribution in [0.2, 0.25) is 0 Å². The number of aliphatic imine (C=N–C) groups is 1. The Kier molecular flexibility index (Phi) is 9.28. The van der Waals surface area contributed by atoms with Gasteiger partial charge in [0, 0.05) is 25.3 Å². The van der Waals surface area contributed by atoms with Gasteiger partial charge in [0.25, 0.3) is 0 Å². The zero-order valence-corrected chi connectivity index (χ0v) is 16.6. The predicted octanol–water partition coefficient (Wildman–Crippen LogP) is 3.28. The Hall–Kier alpha value is -1.05. The van der Waals surface area contributed by atoms with Crippen LogP contribution in [0.1, 0.15) is 51.5 Å². The van der Waals surface area contributed by atoms with Crippen LogP contribution in [0.25, 0.3) is 0 Å². The van der Waals surface area contributed by atoms with Crippen LogP contribution in [0.3, 0.4) is 0 Å². The molecule has 130 valence electrons. The number of guanidine groups is 1. The first kappa shape index (κ1) is 20.0. The Morgan fingerprint density at radius 1 is 1.30 bits per heavy atom. The van der Waals surface area contributed by atoms with Gasteiger partial charge in [-0.2, -0.15) is 0 Å². The third-order valence-corrected chi connectivity index (χ3v) is 4.18. The molecule has 1 fully saturated rings. The second-order valence-corrected chi connectivity index (χ2v) is 6.08. The van der Waals surface area contributed by atoms with E-state index in [1.54, 1.807) is 0 Å². The van der Waals surface area contributed by atoms with Gasteiger partial charge in [-0.05, 0) is 37.8 Å². The lowest BCUT2D eigenvalue weighted by Gasteiger charge is -2.21. The van der Waals surface area contributed by atoms with Crippen molar-refractivity contribution in [3.8, 4) is 0 Å². The maximum Gasteiger partial charge on any atom is 0.189 e. The van der Waals surface area contributed by atoms with Crippen molar-refractivity contribution in [2.75, 3.05) is 18.0 Å². The van der Waals surface area contributed by atoms with Gasteiger partial charge in [0.1, 0.15) is 5.82 Å². The second-order valence-electron chi connectivity index (χ2n) is 6.08. The van der Waals surface area contributed by atoms with E-state index in [2.05, 4.69) is 46.2 Å². The first-order valence-corrected chi connectivity index (χ1v) is 8.45. The molecule has 23 heavy (non-hydrogen) atoms. The molecule has 2 rings (SSSR count). The van der Waals surface area contributed by atoms with Crippen LogP contribution in [0.5, 0.6) is 0 Å². The number of halogens is 1. The fraction of sp³-hybridized carbons (Fsp3) is 0.647. The summed E-state index contributed by atoms with van der Waals surface area (Å²) in [6, 6.07) is 4.56. The standard InChI is InChI=1S/C17H29N5.HI/c1-3-14(2)21-17(18)20-13-15-8-9-16(19-12-15)22-10-6-4-5-7-11-22;/h8-9,12,14H,3-7,10-11,13H2,1-2H3,(H3,18,20,21);1H. The monoisotopic (exact) mass is 431 g/mol. The van der Waals surface area contributed by atoms with Crippen LogP contribution in [0, 0.1) is 0 Å². The number of nitrogens with two attached hydrogens (primary N) is 1. The van der Waals surface area contributed by atoms with Crippen molar-refractivity contribution in [1.29, 1.82) is 0 Å². The van der Waals surface area contributed by atoms with E-state index in [9.17, 15) is 0 Å². The molecule has 0 saturated carbocycles. The zero-order chi connectivity index (χ0) is 15.8. The molecule has 1 aliphatic heterocycles. The summed E-state index contributed by atoms with van der Waals surface area (Å²) in [5.74, 6) is 1.59. The molecule has 1 aromatic heterocycles. The maximum absolute atomic E-state index is 5.87. The lowest BCUT2D eigenvalue weighted by atomic mass is 10.2. The van der Waals surface area contributed by atoms with E-state index >= 15 is 0 Å². The fourth-order valence-corrected chi connectivity index (χ4v) is 2.57. The minimum atomic E-state index is 0. The molecule has 0 bridgehead atoms. The van der Waals surface area contributed by atoms with Crippen molar-refractivity contribution in [2.24, 2.45) is 10.7 Å². The average Bonchev–Trinajstić information content (AvgIpc) is 2.82. The number of nitrogens with one attached hydrogen (secondary N) is 1. The Morgan fingerprint density at radius 3 is 2.57 bits per heavy atom. The lowest BCUT2D eigenvalue weighted by molar-refractivity contribution is 0.636. The highest BCUT2D eigenvalue weighted by Crippen LogP contribution is 2.17. The van der Waals surface area contributed by atoms with Crippen LogP contribution >= 0.6 is 24.0 Å². The van der Waals surface area contributed by atoms with Gasteiger partial charge < -0.3 is 16.0 Å². The molecule has 6 heteroatoms. The highest BCUT2D eigenvalue weighted by molar-refractivity contribution is 14.0. The molecular weight excluding hydrogens is 401 g/mol. The number of aromatic nitrogens is 1. The summed E-state index contributed by atoms with van der Waals surface area (Å²) in [4.78, 5) is 11.4. The van der Waals surface area contributed by atoms with Crippen molar-refractivity contribution in [1.82, 2.24) is 10.3 Å². The topological polar surface area (TPSA) is 66.5 Å². The van der Waals surface area contributed by atoms with Crippen molar-refractivity contribution in [2.45, 2.75) is 58.5 Å². The highest BCUT2D eigenvalue weighted by Gasteiger charge is 2.10. The second kappa shape index (κ2) is 10.7. The normalized spacial score (nSPS) is 17.1. The van der Waals surface area contributed by atoms with E-state index in [-0.39, 0.29) is 24.0 Å².